The van der Waals surface area contributed by atoms with Crippen LogP contribution in [-0.2, 0) is 11.4 Å². The van der Waals surface area contributed by atoms with Gasteiger partial charge in [0, 0.05) is 4.47 Å². The molecule has 4 rings (SSSR count). The average molecular weight is 582 g/mol. The third kappa shape index (κ3) is 5.66. The summed E-state index contributed by atoms with van der Waals surface area (Å²) in [5, 5.41) is 15.0. The number of fused-ring (bicyclic) bond motifs is 1. The maximum absolute atomic E-state index is 12.7. The standard InChI is InChI=1S/C28H19BrCl2N2O3/c1-35-25-13-19(12-20(15-32)28(34)33-24-11-5-10-23(30)27(24)31)22(29)14-26(25)36-16-18-8-4-7-17-6-2-3-9-21(17)18/h2-14H,16H2,1H3,(H,33,34)/b20-12-. The number of rotatable bonds is 7. The molecule has 0 aromatic heterocycles. The second kappa shape index (κ2) is 11.5. The highest BCUT2D eigenvalue weighted by atomic mass is 79.9. The van der Waals surface area contributed by atoms with Crippen LogP contribution in [0.5, 0.6) is 11.5 Å². The molecule has 4 aromatic carbocycles. The van der Waals surface area contributed by atoms with E-state index >= 15 is 0 Å². The Morgan fingerprint density at radius 1 is 1.06 bits per heavy atom. The lowest BCUT2D eigenvalue weighted by Crippen LogP contribution is -2.13. The molecule has 0 atom stereocenters. The number of nitrogens with one attached hydrogen (secondary N) is 1. The molecule has 0 aliphatic carbocycles. The SMILES string of the molecule is COc1cc(/C=C(/C#N)C(=O)Nc2cccc(Cl)c2Cl)c(Br)cc1OCc1cccc2ccccc12. The lowest BCUT2D eigenvalue weighted by atomic mass is 10.1. The van der Waals surface area contributed by atoms with Crippen LogP contribution in [0.1, 0.15) is 11.1 Å². The van der Waals surface area contributed by atoms with E-state index in [1.807, 2.05) is 30.3 Å². The number of ether oxygens (including phenoxy) is 2. The van der Waals surface area contributed by atoms with Gasteiger partial charge in [-0.3, -0.25) is 4.79 Å². The number of hydrogen-bond donors (Lipinski definition) is 1. The molecule has 0 saturated carbocycles. The highest BCUT2D eigenvalue weighted by Gasteiger charge is 2.16. The number of hydrogen-bond acceptors (Lipinski definition) is 4. The predicted molar refractivity (Wildman–Crippen MR) is 148 cm³/mol. The Bertz CT molecular complexity index is 1520. The number of halogens is 3. The van der Waals surface area contributed by atoms with Crippen LogP contribution >= 0.6 is 39.1 Å². The second-order valence-electron chi connectivity index (χ2n) is 7.68. The monoisotopic (exact) mass is 580 g/mol. The molecule has 4 aromatic rings. The fourth-order valence-corrected chi connectivity index (χ4v) is 4.39. The molecule has 5 nitrogen and oxygen atoms in total. The molecule has 0 spiro atoms. The van der Waals surface area contributed by atoms with Gasteiger partial charge in [0.25, 0.3) is 5.91 Å². The molecule has 1 amide bonds. The number of nitrogens with zero attached hydrogens (tertiary/aromatic N) is 1. The fourth-order valence-electron chi connectivity index (χ4n) is 3.60. The zero-order valence-electron chi connectivity index (χ0n) is 19.0. The number of methoxy groups -OCH3 is 1. The van der Waals surface area contributed by atoms with Crippen LogP contribution in [-0.4, -0.2) is 13.0 Å². The number of amides is 1. The molecule has 0 aliphatic rings. The van der Waals surface area contributed by atoms with Gasteiger partial charge in [-0.25, -0.2) is 0 Å². The maximum atomic E-state index is 12.7. The van der Waals surface area contributed by atoms with Crippen LogP contribution in [0.4, 0.5) is 5.69 Å². The molecule has 36 heavy (non-hydrogen) atoms. The Labute approximate surface area is 227 Å². The van der Waals surface area contributed by atoms with Crippen LogP contribution in [0.2, 0.25) is 10.0 Å². The van der Waals surface area contributed by atoms with E-state index in [0.717, 1.165) is 16.3 Å². The van der Waals surface area contributed by atoms with Crippen LogP contribution in [0.15, 0.2) is 82.8 Å². The minimum Gasteiger partial charge on any atom is -0.493 e. The molecule has 0 heterocycles. The highest BCUT2D eigenvalue weighted by Crippen LogP contribution is 2.36. The van der Waals surface area contributed by atoms with Crippen LogP contribution in [0.25, 0.3) is 16.8 Å². The molecular weight excluding hydrogens is 563 g/mol. The van der Waals surface area contributed by atoms with Crippen molar-refractivity contribution in [3.63, 3.8) is 0 Å². The zero-order chi connectivity index (χ0) is 25.7. The van der Waals surface area contributed by atoms with Gasteiger partial charge in [-0.1, -0.05) is 87.7 Å². The Hall–Kier alpha value is -3.50. The van der Waals surface area contributed by atoms with E-state index in [4.69, 9.17) is 32.7 Å². The first-order valence-corrected chi connectivity index (χ1v) is 12.3. The predicted octanol–water partition coefficient (Wildman–Crippen LogP) is 8.04. The molecule has 8 heteroatoms. The average Bonchev–Trinajstić information content (AvgIpc) is 2.89. The molecule has 0 fully saturated rings. The summed E-state index contributed by atoms with van der Waals surface area (Å²) in [6, 6.07) is 24.4. The summed E-state index contributed by atoms with van der Waals surface area (Å²) in [7, 11) is 1.53. The van der Waals surface area contributed by atoms with Gasteiger partial charge in [-0.2, -0.15) is 5.26 Å². The summed E-state index contributed by atoms with van der Waals surface area (Å²) >= 11 is 15.7. The minimum atomic E-state index is -0.621. The zero-order valence-corrected chi connectivity index (χ0v) is 22.1. The maximum Gasteiger partial charge on any atom is 0.266 e. The molecule has 0 saturated heterocycles. The summed E-state index contributed by atoms with van der Waals surface area (Å²) in [6.07, 6.45) is 1.45. The summed E-state index contributed by atoms with van der Waals surface area (Å²) in [4.78, 5) is 12.7. The molecule has 0 bridgehead atoms. The number of carbonyl (C=O) groups excluding carboxylic acids is 1. The molecular formula is C28H19BrCl2N2O3. The Kier molecular flexibility index (Phi) is 8.17. The van der Waals surface area contributed by atoms with E-state index in [2.05, 4.69) is 39.4 Å². The number of anilines is 1. The van der Waals surface area contributed by atoms with Gasteiger partial charge < -0.3 is 14.8 Å². The normalized spacial score (nSPS) is 11.1. The van der Waals surface area contributed by atoms with Gasteiger partial charge in [-0.15, -0.1) is 0 Å². The van der Waals surface area contributed by atoms with Crippen molar-refractivity contribution in [2.45, 2.75) is 6.61 Å². The first-order valence-electron chi connectivity index (χ1n) is 10.8. The largest absolute Gasteiger partial charge is 0.493 e. The molecule has 180 valence electrons. The molecule has 0 unspecified atom stereocenters. The van der Waals surface area contributed by atoms with E-state index in [1.165, 1.54) is 13.2 Å². The quantitative estimate of drug-likeness (QED) is 0.177. The number of carbonyl (C=O) groups is 1. The van der Waals surface area contributed by atoms with E-state index in [-0.39, 0.29) is 10.6 Å². The number of nitriles is 1. The van der Waals surface area contributed by atoms with Gasteiger partial charge in [0.05, 0.1) is 22.8 Å². The topological polar surface area (TPSA) is 71.3 Å². The Morgan fingerprint density at radius 3 is 2.58 bits per heavy atom. The molecule has 0 radical (unpaired) electrons. The lowest BCUT2D eigenvalue weighted by Gasteiger charge is -2.14. The van der Waals surface area contributed by atoms with Gasteiger partial charge in [0.2, 0.25) is 0 Å². The Balaban J connectivity index is 1.58. The molecule has 1 N–H and O–H groups in total. The van der Waals surface area contributed by atoms with Gasteiger partial charge in [0.1, 0.15) is 18.2 Å². The summed E-state index contributed by atoms with van der Waals surface area (Å²) in [5.41, 5.74) is 1.79. The van der Waals surface area contributed by atoms with E-state index in [0.29, 0.717) is 38.9 Å². The van der Waals surface area contributed by atoms with Crippen molar-refractivity contribution in [2.75, 3.05) is 12.4 Å². The van der Waals surface area contributed by atoms with E-state index < -0.39 is 5.91 Å². The third-order valence-electron chi connectivity index (χ3n) is 5.41. The van der Waals surface area contributed by atoms with Gasteiger partial charge in [-0.05, 0) is 52.2 Å². The van der Waals surface area contributed by atoms with Gasteiger partial charge >= 0.3 is 0 Å². The van der Waals surface area contributed by atoms with Crippen LogP contribution in [0, 0.1) is 11.3 Å². The smallest absolute Gasteiger partial charge is 0.266 e. The first kappa shape index (κ1) is 25.6. The summed E-state index contributed by atoms with van der Waals surface area (Å²) in [5.74, 6) is 0.354. The Morgan fingerprint density at radius 2 is 1.81 bits per heavy atom. The van der Waals surface area contributed by atoms with Gasteiger partial charge in [0.15, 0.2) is 11.5 Å². The van der Waals surface area contributed by atoms with Crippen molar-refractivity contribution in [3.8, 4) is 17.6 Å². The number of benzene rings is 4. The molecule has 0 aliphatic heterocycles. The van der Waals surface area contributed by atoms with Crippen molar-refractivity contribution in [1.29, 1.82) is 5.26 Å². The van der Waals surface area contributed by atoms with Crippen molar-refractivity contribution < 1.29 is 14.3 Å². The summed E-state index contributed by atoms with van der Waals surface area (Å²) < 4.78 is 12.2. The minimum absolute atomic E-state index is 0.127. The third-order valence-corrected chi connectivity index (χ3v) is 6.92. The van der Waals surface area contributed by atoms with Crippen LogP contribution < -0.4 is 14.8 Å². The second-order valence-corrected chi connectivity index (χ2v) is 9.32. The van der Waals surface area contributed by atoms with E-state index in [9.17, 15) is 10.1 Å². The van der Waals surface area contributed by atoms with Crippen molar-refractivity contribution in [1.82, 2.24) is 0 Å². The van der Waals surface area contributed by atoms with E-state index in [1.54, 1.807) is 30.3 Å². The summed E-state index contributed by atoms with van der Waals surface area (Å²) in [6.45, 7) is 0.339. The van der Waals surface area contributed by atoms with Crippen molar-refractivity contribution >= 4 is 67.6 Å². The first-order chi connectivity index (χ1) is 17.4. The highest BCUT2D eigenvalue weighted by molar-refractivity contribution is 9.10. The fraction of sp³-hybridized carbons (Fsp3) is 0.0714. The van der Waals surface area contributed by atoms with Crippen LogP contribution in [0.3, 0.4) is 0 Å². The van der Waals surface area contributed by atoms with Crippen molar-refractivity contribution in [2.24, 2.45) is 0 Å². The van der Waals surface area contributed by atoms with Crippen molar-refractivity contribution in [3.05, 3.63) is 104 Å². The lowest BCUT2D eigenvalue weighted by molar-refractivity contribution is -0.112.